The topological polar surface area (TPSA) is 102 Å². The van der Waals surface area contributed by atoms with Crippen LogP contribution in [0, 0.1) is 10.1 Å². The minimum atomic E-state index is -0.733. The molecule has 0 aliphatic carbocycles. The Morgan fingerprint density at radius 1 is 1.25 bits per heavy atom. The van der Waals surface area contributed by atoms with Gasteiger partial charge in [0.2, 0.25) is 0 Å². The number of likely N-dealkylation sites (tertiary alicyclic amines) is 1. The third-order valence-corrected chi connectivity index (χ3v) is 5.21. The first-order chi connectivity index (χ1) is 13.5. The Morgan fingerprint density at radius 3 is 2.68 bits per heavy atom. The second-order valence-corrected chi connectivity index (χ2v) is 7.07. The zero-order chi connectivity index (χ0) is 20.1. The largest absolute Gasteiger partial charge is 0.452 e. The van der Waals surface area contributed by atoms with Crippen LogP contribution in [0.3, 0.4) is 0 Å². The number of esters is 1. The monoisotopic (exact) mass is 391 g/mol. The first-order valence-electron chi connectivity index (χ1n) is 9.55. The predicted molar refractivity (Wildman–Crippen MR) is 101 cm³/mol. The number of nitrogens with zero attached hydrogens (tertiary/aromatic N) is 3. The summed E-state index contributed by atoms with van der Waals surface area (Å²) < 4.78 is 10.6. The van der Waals surface area contributed by atoms with Crippen LogP contribution in [0.5, 0.6) is 0 Å². The lowest BCUT2D eigenvalue weighted by molar-refractivity contribution is -0.384. The fraction of sp³-hybridized carbons (Fsp3) is 0.579. The molecule has 0 aromatic heterocycles. The molecule has 2 heterocycles. The van der Waals surface area contributed by atoms with Gasteiger partial charge >= 0.3 is 5.97 Å². The molecule has 2 aliphatic heterocycles. The van der Waals surface area contributed by atoms with Crippen LogP contribution in [-0.2, 0) is 14.3 Å². The van der Waals surface area contributed by atoms with Crippen LogP contribution in [0.4, 0.5) is 11.4 Å². The van der Waals surface area contributed by atoms with Gasteiger partial charge in [0, 0.05) is 37.8 Å². The van der Waals surface area contributed by atoms with Gasteiger partial charge in [-0.3, -0.25) is 14.9 Å². The SMILES string of the molecule is C[C@H]1CCCCN1C(=O)COC(=O)c1cc([N+](=O)[O-])ccc1N1CCOCC1. The molecule has 9 nitrogen and oxygen atoms in total. The standard InChI is InChI=1S/C19H25N3O6/c1-14-4-2-3-7-21(14)18(23)13-28-19(24)16-12-15(22(25)26)5-6-17(16)20-8-10-27-11-9-20/h5-6,12,14H,2-4,7-11,13H2,1H3/t14-/m0/s1. The fourth-order valence-corrected chi connectivity index (χ4v) is 3.64. The highest BCUT2D eigenvalue weighted by atomic mass is 16.6. The van der Waals surface area contributed by atoms with Crippen molar-refractivity contribution in [3.05, 3.63) is 33.9 Å². The van der Waals surface area contributed by atoms with Gasteiger partial charge in [-0.1, -0.05) is 0 Å². The van der Waals surface area contributed by atoms with E-state index in [2.05, 4.69) is 0 Å². The highest BCUT2D eigenvalue weighted by Crippen LogP contribution is 2.27. The molecule has 9 heteroatoms. The average Bonchev–Trinajstić information content (AvgIpc) is 2.72. The summed E-state index contributed by atoms with van der Waals surface area (Å²) in [6, 6.07) is 4.25. The van der Waals surface area contributed by atoms with Gasteiger partial charge in [0.15, 0.2) is 6.61 Å². The summed E-state index contributed by atoms with van der Waals surface area (Å²) in [6.07, 6.45) is 2.96. The predicted octanol–water partition coefficient (Wildman–Crippen LogP) is 1.99. The molecule has 1 aromatic carbocycles. The molecule has 152 valence electrons. The van der Waals surface area contributed by atoms with Crippen molar-refractivity contribution in [2.24, 2.45) is 0 Å². The van der Waals surface area contributed by atoms with E-state index >= 15 is 0 Å². The van der Waals surface area contributed by atoms with Crippen LogP contribution in [0.1, 0.15) is 36.5 Å². The van der Waals surface area contributed by atoms with Crippen LogP contribution in [0.2, 0.25) is 0 Å². The Hall–Kier alpha value is -2.68. The molecule has 2 saturated heterocycles. The molecular formula is C19H25N3O6. The van der Waals surface area contributed by atoms with Crippen molar-refractivity contribution in [3.8, 4) is 0 Å². The number of nitro benzene ring substituents is 1. The fourth-order valence-electron chi connectivity index (χ4n) is 3.64. The molecule has 28 heavy (non-hydrogen) atoms. The molecule has 1 amide bonds. The molecule has 1 atom stereocenters. The summed E-state index contributed by atoms with van der Waals surface area (Å²) >= 11 is 0. The van der Waals surface area contributed by atoms with Crippen LogP contribution in [-0.4, -0.2) is 67.2 Å². The second kappa shape index (κ2) is 9.01. The Balaban J connectivity index is 1.74. The van der Waals surface area contributed by atoms with E-state index in [-0.39, 0.29) is 29.8 Å². The van der Waals surface area contributed by atoms with E-state index in [1.807, 2.05) is 11.8 Å². The molecular weight excluding hydrogens is 366 g/mol. The highest BCUT2D eigenvalue weighted by molar-refractivity contribution is 5.97. The number of piperidine rings is 1. The van der Waals surface area contributed by atoms with Crippen LogP contribution in [0.25, 0.3) is 0 Å². The number of morpholine rings is 1. The summed E-state index contributed by atoms with van der Waals surface area (Å²) in [5.74, 6) is -0.970. The molecule has 0 spiro atoms. The summed E-state index contributed by atoms with van der Waals surface area (Å²) in [6.45, 7) is 4.44. The Kier molecular flexibility index (Phi) is 6.45. The van der Waals surface area contributed by atoms with E-state index < -0.39 is 10.9 Å². The number of hydrogen-bond acceptors (Lipinski definition) is 7. The molecule has 0 radical (unpaired) electrons. The maximum Gasteiger partial charge on any atom is 0.341 e. The van der Waals surface area contributed by atoms with Gasteiger partial charge in [-0.05, 0) is 32.3 Å². The second-order valence-electron chi connectivity index (χ2n) is 7.07. The lowest BCUT2D eigenvalue weighted by Crippen LogP contribution is -2.44. The van der Waals surface area contributed by atoms with E-state index in [0.29, 0.717) is 38.5 Å². The third kappa shape index (κ3) is 4.59. The van der Waals surface area contributed by atoms with Crippen LogP contribution < -0.4 is 4.90 Å². The lowest BCUT2D eigenvalue weighted by Gasteiger charge is -2.33. The minimum Gasteiger partial charge on any atom is -0.452 e. The van der Waals surface area contributed by atoms with Crippen molar-refractivity contribution in [1.82, 2.24) is 4.90 Å². The maximum atomic E-state index is 12.7. The third-order valence-electron chi connectivity index (χ3n) is 5.21. The van der Waals surface area contributed by atoms with Gasteiger partial charge in [0.25, 0.3) is 11.6 Å². The van der Waals surface area contributed by atoms with E-state index in [0.717, 1.165) is 19.3 Å². The Labute approximate surface area is 163 Å². The van der Waals surface area contributed by atoms with Gasteiger partial charge < -0.3 is 19.3 Å². The van der Waals surface area contributed by atoms with Crippen molar-refractivity contribution in [2.75, 3.05) is 44.4 Å². The van der Waals surface area contributed by atoms with Crippen molar-refractivity contribution >= 4 is 23.3 Å². The molecule has 2 aliphatic rings. The number of rotatable bonds is 5. The lowest BCUT2D eigenvalue weighted by atomic mass is 10.0. The number of ether oxygens (including phenoxy) is 2. The van der Waals surface area contributed by atoms with E-state index in [4.69, 9.17) is 9.47 Å². The van der Waals surface area contributed by atoms with Crippen molar-refractivity contribution < 1.29 is 24.0 Å². The maximum absolute atomic E-state index is 12.7. The van der Waals surface area contributed by atoms with Gasteiger partial charge in [0.05, 0.1) is 29.4 Å². The molecule has 1 aromatic rings. The molecule has 3 rings (SSSR count). The van der Waals surface area contributed by atoms with E-state index in [1.165, 1.54) is 12.1 Å². The minimum absolute atomic E-state index is 0.0931. The molecule has 2 fully saturated rings. The number of amides is 1. The summed E-state index contributed by atoms with van der Waals surface area (Å²) in [5, 5.41) is 11.1. The number of hydrogen-bond donors (Lipinski definition) is 0. The van der Waals surface area contributed by atoms with Crippen LogP contribution in [0.15, 0.2) is 18.2 Å². The number of carbonyl (C=O) groups is 2. The average molecular weight is 391 g/mol. The van der Waals surface area contributed by atoms with Gasteiger partial charge in [0.1, 0.15) is 0 Å². The van der Waals surface area contributed by atoms with Crippen molar-refractivity contribution in [2.45, 2.75) is 32.2 Å². The summed E-state index contributed by atoms with van der Waals surface area (Å²) in [5.41, 5.74) is 0.452. The number of anilines is 1. The van der Waals surface area contributed by atoms with Crippen molar-refractivity contribution in [1.29, 1.82) is 0 Å². The first-order valence-corrected chi connectivity index (χ1v) is 9.55. The number of carbonyl (C=O) groups excluding carboxylic acids is 2. The normalized spacial score (nSPS) is 20.0. The summed E-state index contributed by atoms with van der Waals surface area (Å²) in [4.78, 5) is 39.3. The molecule has 0 bridgehead atoms. The highest BCUT2D eigenvalue weighted by Gasteiger charge is 2.26. The zero-order valence-electron chi connectivity index (χ0n) is 16.0. The number of benzene rings is 1. The van der Waals surface area contributed by atoms with E-state index in [1.54, 1.807) is 11.0 Å². The smallest absolute Gasteiger partial charge is 0.341 e. The molecule has 0 saturated carbocycles. The number of nitro groups is 1. The molecule has 0 N–H and O–H groups in total. The van der Waals surface area contributed by atoms with E-state index in [9.17, 15) is 19.7 Å². The van der Waals surface area contributed by atoms with Gasteiger partial charge in [-0.15, -0.1) is 0 Å². The first kappa shape index (κ1) is 20.1. The Morgan fingerprint density at radius 2 is 2.00 bits per heavy atom. The quantitative estimate of drug-likeness (QED) is 0.430. The van der Waals surface area contributed by atoms with Crippen LogP contribution >= 0.6 is 0 Å². The number of non-ortho nitro benzene ring substituents is 1. The Bertz CT molecular complexity index is 747. The zero-order valence-corrected chi connectivity index (χ0v) is 16.0. The summed E-state index contributed by atoms with van der Waals surface area (Å²) in [7, 11) is 0. The molecule has 0 unspecified atom stereocenters. The van der Waals surface area contributed by atoms with Crippen molar-refractivity contribution in [3.63, 3.8) is 0 Å². The van der Waals surface area contributed by atoms with Gasteiger partial charge in [-0.25, -0.2) is 4.79 Å². The van der Waals surface area contributed by atoms with Gasteiger partial charge in [-0.2, -0.15) is 0 Å².